The van der Waals surface area contributed by atoms with E-state index >= 15 is 0 Å². The van der Waals surface area contributed by atoms with Crippen LogP contribution in [0, 0.1) is 0 Å². The monoisotopic (exact) mass is 512 g/mol. The van der Waals surface area contributed by atoms with Gasteiger partial charge < -0.3 is 28.1 Å². The first-order valence-corrected chi connectivity index (χ1v) is 10.6. The number of fused-ring (bicyclic) bond motifs is 1. The fraction of sp³-hybridized carbons (Fsp3) is 0.200. The predicted octanol–water partition coefficient (Wildman–Crippen LogP) is 3.09. The molecule has 0 saturated carbocycles. The fourth-order valence-electron chi connectivity index (χ4n) is 3.24. The average Bonchev–Trinajstić information content (AvgIpc) is 2.75. The number of carbonyl (C=O) groups is 5. The van der Waals surface area contributed by atoms with Crippen molar-refractivity contribution in [1.82, 2.24) is 0 Å². The molecular formula is C25H20O12. The minimum Gasteiger partial charge on any atom is -0.456 e. The summed E-state index contributed by atoms with van der Waals surface area (Å²) in [7, 11) is 0. The Bertz CT molecular complexity index is 1510. The van der Waals surface area contributed by atoms with Crippen LogP contribution in [0.1, 0.15) is 34.6 Å². The molecule has 0 saturated heterocycles. The molecule has 192 valence electrons. The van der Waals surface area contributed by atoms with Crippen molar-refractivity contribution in [3.8, 4) is 40.1 Å². The summed E-state index contributed by atoms with van der Waals surface area (Å²) in [5, 5.41) is -0.275. The lowest BCUT2D eigenvalue weighted by Gasteiger charge is -2.15. The van der Waals surface area contributed by atoms with Crippen LogP contribution in [0.5, 0.6) is 28.7 Å². The van der Waals surface area contributed by atoms with E-state index in [1.165, 1.54) is 25.1 Å². The van der Waals surface area contributed by atoms with Crippen LogP contribution in [-0.2, 0) is 24.0 Å². The van der Waals surface area contributed by atoms with Gasteiger partial charge in [0.1, 0.15) is 16.7 Å². The predicted molar refractivity (Wildman–Crippen MR) is 124 cm³/mol. The van der Waals surface area contributed by atoms with E-state index < -0.39 is 46.8 Å². The normalized spacial score (nSPS) is 10.4. The van der Waals surface area contributed by atoms with Gasteiger partial charge in [0.15, 0.2) is 28.4 Å². The van der Waals surface area contributed by atoms with Gasteiger partial charge in [-0.05, 0) is 18.2 Å². The number of esters is 5. The molecule has 0 amide bonds. The molecule has 3 aromatic rings. The van der Waals surface area contributed by atoms with Crippen molar-refractivity contribution in [2.24, 2.45) is 0 Å². The molecule has 2 aromatic carbocycles. The summed E-state index contributed by atoms with van der Waals surface area (Å²) in [4.78, 5) is 71.2. The number of rotatable bonds is 6. The second-order valence-corrected chi connectivity index (χ2v) is 7.51. The Hall–Kier alpha value is -5.00. The third-order valence-corrected chi connectivity index (χ3v) is 4.38. The Morgan fingerprint density at radius 3 is 1.68 bits per heavy atom. The zero-order valence-corrected chi connectivity index (χ0v) is 20.3. The van der Waals surface area contributed by atoms with E-state index in [9.17, 15) is 28.8 Å². The molecule has 37 heavy (non-hydrogen) atoms. The number of hydrogen-bond donors (Lipinski definition) is 0. The van der Waals surface area contributed by atoms with Crippen molar-refractivity contribution in [3.63, 3.8) is 0 Å². The summed E-state index contributed by atoms with van der Waals surface area (Å²) in [5.74, 6) is -5.34. The van der Waals surface area contributed by atoms with E-state index in [-0.39, 0.29) is 39.5 Å². The van der Waals surface area contributed by atoms with E-state index in [0.29, 0.717) is 0 Å². The second-order valence-electron chi connectivity index (χ2n) is 7.51. The smallest absolute Gasteiger partial charge is 0.308 e. The Morgan fingerprint density at radius 1 is 0.595 bits per heavy atom. The quantitative estimate of drug-likeness (QED) is 0.351. The molecule has 12 heteroatoms. The largest absolute Gasteiger partial charge is 0.456 e. The Morgan fingerprint density at radius 2 is 1.11 bits per heavy atom. The van der Waals surface area contributed by atoms with E-state index in [1.807, 2.05) is 0 Å². The molecule has 0 bridgehead atoms. The first kappa shape index (κ1) is 26.6. The SMILES string of the molecule is CC(=O)Oc1ccc(-c2cc(=O)c3c(OC(C)=O)c(OC(C)=O)c(OC(C)=O)cc3o2)cc1OC(C)=O. The van der Waals surface area contributed by atoms with Crippen LogP contribution in [0.3, 0.4) is 0 Å². The number of benzene rings is 2. The molecular weight excluding hydrogens is 492 g/mol. The molecule has 0 unspecified atom stereocenters. The first-order chi connectivity index (χ1) is 17.3. The topological polar surface area (TPSA) is 162 Å². The molecule has 1 heterocycles. The maximum Gasteiger partial charge on any atom is 0.308 e. The molecule has 0 aliphatic carbocycles. The van der Waals surface area contributed by atoms with Gasteiger partial charge in [0.05, 0.1) is 0 Å². The van der Waals surface area contributed by atoms with E-state index in [1.54, 1.807) is 0 Å². The van der Waals surface area contributed by atoms with Crippen LogP contribution in [0.15, 0.2) is 39.5 Å². The van der Waals surface area contributed by atoms with Gasteiger partial charge in [-0.2, -0.15) is 0 Å². The maximum atomic E-state index is 13.2. The molecule has 1 aromatic heterocycles. The van der Waals surface area contributed by atoms with Crippen molar-refractivity contribution < 1.29 is 52.1 Å². The minimum atomic E-state index is -0.856. The van der Waals surface area contributed by atoms with E-state index in [2.05, 4.69) is 0 Å². The molecule has 0 N–H and O–H groups in total. The highest BCUT2D eigenvalue weighted by Crippen LogP contribution is 2.44. The van der Waals surface area contributed by atoms with E-state index in [0.717, 1.165) is 39.8 Å². The Kier molecular flexibility index (Phi) is 7.71. The van der Waals surface area contributed by atoms with Gasteiger partial charge in [-0.3, -0.25) is 28.8 Å². The second kappa shape index (κ2) is 10.7. The van der Waals surface area contributed by atoms with Crippen molar-refractivity contribution in [2.75, 3.05) is 0 Å². The Labute approximate surface area is 208 Å². The summed E-state index contributed by atoms with van der Waals surface area (Å²) >= 11 is 0. The van der Waals surface area contributed by atoms with Crippen molar-refractivity contribution in [3.05, 3.63) is 40.6 Å². The molecule has 0 aliphatic rings. The van der Waals surface area contributed by atoms with Crippen LogP contribution in [0.25, 0.3) is 22.3 Å². The van der Waals surface area contributed by atoms with Crippen LogP contribution in [0.2, 0.25) is 0 Å². The standard InChI is InChI=1S/C25H20O12/c1-11(26)32-18-7-6-16(8-20(18)33-12(2)27)19-9-17(31)23-21(37-19)10-22(34-13(3)28)24(35-14(4)29)25(23)36-15(5)30/h6-10H,1-5H3. The molecule has 0 atom stereocenters. The minimum absolute atomic E-state index is 0.0388. The highest BCUT2D eigenvalue weighted by Gasteiger charge is 2.26. The van der Waals surface area contributed by atoms with Gasteiger partial charge in [-0.15, -0.1) is 0 Å². The van der Waals surface area contributed by atoms with Crippen molar-refractivity contribution >= 4 is 40.8 Å². The van der Waals surface area contributed by atoms with Crippen molar-refractivity contribution in [2.45, 2.75) is 34.6 Å². The fourth-order valence-corrected chi connectivity index (χ4v) is 3.24. The summed E-state index contributed by atoms with van der Waals surface area (Å²) < 4.78 is 31.3. The molecule has 3 rings (SSSR count). The lowest BCUT2D eigenvalue weighted by molar-refractivity contribution is -0.135. The maximum absolute atomic E-state index is 13.2. The molecule has 0 fully saturated rings. The lowest BCUT2D eigenvalue weighted by atomic mass is 10.1. The zero-order chi connectivity index (χ0) is 27.4. The first-order valence-electron chi connectivity index (χ1n) is 10.6. The Balaban J connectivity index is 2.31. The van der Waals surface area contributed by atoms with Gasteiger partial charge in [0, 0.05) is 52.3 Å². The van der Waals surface area contributed by atoms with Crippen LogP contribution < -0.4 is 29.1 Å². The molecule has 0 radical (unpaired) electrons. The summed E-state index contributed by atoms with van der Waals surface area (Å²) in [6.07, 6.45) is 0. The third-order valence-electron chi connectivity index (χ3n) is 4.38. The third kappa shape index (κ3) is 6.36. The lowest BCUT2D eigenvalue weighted by Crippen LogP contribution is -2.13. The van der Waals surface area contributed by atoms with Crippen LogP contribution in [-0.4, -0.2) is 29.8 Å². The zero-order valence-electron chi connectivity index (χ0n) is 20.3. The summed E-state index contributed by atoms with van der Waals surface area (Å²) in [6.45, 7) is 5.51. The summed E-state index contributed by atoms with van der Waals surface area (Å²) in [6, 6.07) is 6.24. The van der Waals surface area contributed by atoms with Crippen LogP contribution in [0.4, 0.5) is 0 Å². The van der Waals surface area contributed by atoms with Crippen LogP contribution >= 0.6 is 0 Å². The molecule has 12 nitrogen and oxygen atoms in total. The van der Waals surface area contributed by atoms with Gasteiger partial charge in [-0.1, -0.05) is 0 Å². The number of hydrogen-bond acceptors (Lipinski definition) is 12. The highest BCUT2D eigenvalue weighted by molar-refractivity contribution is 5.94. The molecule has 0 spiro atoms. The van der Waals surface area contributed by atoms with Gasteiger partial charge in [0.25, 0.3) is 0 Å². The van der Waals surface area contributed by atoms with Gasteiger partial charge >= 0.3 is 29.8 Å². The van der Waals surface area contributed by atoms with Gasteiger partial charge in [0.2, 0.25) is 5.75 Å². The van der Waals surface area contributed by atoms with Gasteiger partial charge in [-0.25, -0.2) is 0 Å². The highest BCUT2D eigenvalue weighted by atomic mass is 16.6. The number of ether oxygens (including phenoxy) is 5. The van der Waals surface area contributed by atoms with E-state index in [4.69, 9.17) is 28.1 Å². The molecule has 0 aliphatic heterocycles. The van der Waals surface area contributed by atoms with Crippen molar-refractivity contribution in [1.29, 1.82) is 0 Å². The number of carbonyl (C=O) groups excluding carboxylic acids is 5. The summed E-state index contributed by atoms with van der Waals surface area (Å²) in [5.41, 5.74) is -0.671. The average molecular weight is 512 g/mol.